The summed E-state index contributed by atoms with van der Waals surface area (Å²) in [4.78, 5) is 0. The molecule has 0 aliphatic carbocycles. The molecule has 13 nitrogen and oxygen atoms in total. The average Bonchev–Trinajstić information content (AvgIpc) is 3.72. The monoisotopic (exact) mass is 650 g/mol. The summed E-state index contributed by atoms with van der Waals surface area (Å²) in [6.07, 6.45) is -1.40. The predicted octanol–water partition coefficient (Wildman–Crippen LogP) is 1.69. The van der Waals surface area contributed by atoms with E-state index in [2.05, 4.69) is 20.6 Å². The number of hydrogen-bond acceptors (Lipinski definition) is 12. The first kappa shape index (κ1) is 31.4. The molecule has 4 aromatic rings. The molecule has 0 radical (unpaired) electrons. The SMILES string of the molecule is CO[C@@H]1[C@@H](n2cc(-c3cc(F)c(F)c(F)c3)nn2)[C@@H](O)[C@@H](CO)O[C@H]1S[C@@H]1COC[C@H](n2cc(-c3cccc(O)c3)nn2)[C@H]1O. The molecule has 17 heteroatoms. The van der Waals surface area contributed by atoms with Crippen molar-refractivity contribution in [3.63, 3.8) is 0 Å². The zero-order valence-corrected chi connectivity index (χ0v) is 24.4. The lowest BCUT2D eigenvalue weighted by Crippen LogP contribution is -2.56. The number of aromatic nitrogens is 6. The minimum Gasteiger partial charge on any atom is -0.508 e. The minimum absolute atomic E-state index is 0.00274. The van der Waals surface area contributed by atoms with Gasteiger partial charge in [-0.1, -0.05) is 22.6 Å². The highest BCUT2D eigenvalue weighted by molar-refractivity contribution is 8.00. The Kier molecular flexibility index (Phi) is 9.10. The molecular weight excluding hydrogens is 621 g/mol. The Morgan fingerprint density at radius 1 is 0.956 bits per heavy atom. The number of halogens is 3. The molecule has 2 saturated heterocycles. The van der Waals surface area contributed by atoms with E-state index >= 15 is 0 Å². The first-order chi connectivity index (χ1) is 21.7. The van der Waals surface area contributed by atoms with Crippen LogP contribution in [0.3, 0.4) is 0 Å². The van der Waals surface area contributed by atoms with E-state index in [1.165, 1.54) is 40.5 Å². The number of ether oxygens (including phenoxy) is 3. The summed E-state index contributed by atoms with van der Waals surface area (Å²) in [7, 11) is 1.39. The molecular formula is C28H29F3N6O7S. The standard InChI is InChI=1S/C28H29F3N6O7S/c1-42-27-24(37-9-19(33-35-37)14-6-16(29)23(31)17(30)7-14)26(41)21(10-38)44-28(27)45-22-12-43-11-20(25(22)40)36-8-18(32-34-36)13-3-2-4-15(39)5-13/h2-9,20-22,24-28,38-41H,10-12H2,1H3/t20-,21+,22+,24-,25+,26-,27+,28-/m0/s1. The minimum atomic E-state index is -1.62. The lowest BCUT2D eigenvalue weighted by molar-refractivity contribution is -0.186. The Morgan fingerprint density at radius 3 is 2.33 bits per heavy atom. The van der Waals surface area contributed by atoms with Gasteiger partial charge in [-0.2, -0.15) is 0 Å². The van der Waals surface area contributed by atoms with Crippen molar-refractivity contribution in [2.24, 2.45) is 0 Å². The van der Waals surface area contributed by atoms with E-state index in [4.69, 9.17) is 14.2 Å². The Bertz CT molecular complexity index is 1620. The Labute approximate surface area is 258 Å². The summed E-state index contributed by atoms with van der Waals surface area (Å²) in [6.45, 7) is -0.281. The number of aromatic hydroxyl groups is 1. The van der Waals surface area contributed by atoms with Gasteiger partial charge in [-0.05, 0) is 24.3 Å². The quantitative estimate of drug-likeness (QED) is 0.204. The van der Waals surface area contributed by atoms with E-state index in [0.29, 0.717) is 11.3 Å². The van der Waals surface area contributed by atoms with Gasteiger partial charge in [-0.25, -0.2) is 22.5 Å². The largest absolute Gasteiger partial charge is 0.508 e. The summed E-state index contributed by atoms with van der Waals surface area (Å²) in [5, 5.41) is 58.1. The second kappa shape index (κ2) is 13.0. The van der Waals surface area contributed by atoms with Crippen LogP contribution in [0.2, 0.25) is 0 Å². The van der Waals surface area contributed by atoms with E-state index in [0.717, 1.165) is 12.1 Å². The molecule has 2 aliphatic heterocycles. The molecule has 2 aromatic carbocycles. The maximum Gasteiger partial charge on any atom is 0.194 e. The summed E-state index contributed by atoms with van der Waals surface area (Å²) in [5.74, 6) is -4.34. The van der Waals surface area contributed by atoms with Crippen molar-refractivity contribution < 1.29 is 47.8 Å². The second-order valence-corrected chi connectivity index (χ2v) is 12.0. The molecule has 0 spiro atoms. The fraction of sp³-hybridized carbons (Fsp3) is 0.429. The van der Waals surface area contributed by atoms with Crippen LogP contribution in [0.15, 0.2) is 48.8 Å². The maximum absolute atomic E-state index is 13.9. The average molecular weight is 651 g/mol. The van der Waals surface area contributed by atoms with Crippen LogP contribution in [0.25, 0.3) is 22.5 Å². The molecule has 8 atom stereocenters. The number of rotatable bonds is 8. The van der Waals surface area contributed by atoms with Gasteiger partial charge in [0.15, 0.2) is 17.5 Å². The summed E-state index contributed by atoms with van der Waals surface area (Å²) in [6, 6.07) is 6.47. The van der Waals surface area contributed by atoms with Gasteiger partial charge in [0.25, 0.3) is 0 Å². The van der Waals surface area contributed by atoms with E-state index in [-0.39, 0.29) is 30.2 Å². The third-order valence-electron chi connectivity index (χ3n) is 7.84. The first-order valence-corrected chi connectivity index (χ1v) is 14.8. The van der Waals surface area contributed by atoms with Crippen LogP contribution < -0.4 is 0 Å². The number of hydrogen-bond donors (Lipinski definition) is 4. The highest BCUT2D eigenvalue weighted by Gasteiger charge is 2.49. The molecule has 4 N–H and O–H groups in total. The Morgan fingerprint density at radius 2 is 1.64 bits per heavy atom. The van der Waals surface area contributed by atoms with Crippen molar-refractivity contribution in [2.45, 2.75) is 47.2 Å². The van der Waals surface area contributed by atoms with Crippen LogP contribution >= 0.6 is 11.8 Å². The van der Waals surface area contributed by atoms with E-state index in [9.17, 15) is 33.6 Å². The van der Waals surface area contributed by atoms with Crippen molar-refractivity contribution in [3.8, 4) is 28.3 Å². The summed E-state index contributed by atoms with van der Waals surface area (Å²) < 4.78 is 61.5. The second-order valence-electron chi connectivity index (χ2n) is 10.6. The lowest BCUT2D eigenvalue weighted by Gasteiger charge is -2.45. The molecule has 240 valence electrons. The molecule has 4 heterocycles. The van der Waals surface area contributed by atoms with Gasteiger partial charge < -0.3 is 34.6 Å². The number of phenolic OH excluding ortho intramolecular Hbond substituents is 1. The molecule has 0 amide bonds. The maximum atomic E-state index is 13.9. The van der Waals surface area contributed by atoms with Gasteiger partial charge in [-0.15, -0.1) is 22.0 Å². The highest BCUT2D eigenvalue weighted by atomic mass is 32.2. The van der Waals surface area contributed by atoms with Crippen molar-refractivity contribution >= 4 is 11.8 Å². The predicted molar refractivity (Wildman–Crippen MR) is 151 cm³/mol. The number of nitrogens with zero attached hydrogens (tertiary/aromatic N) is 6. The number of methoxy groups -OCH3 is 1. The molecule has 2 aromatic heterocycles. The zero-order valence-electron chi connectivity index (χ0n) is 23.6. The van der Waals surface area contributed by atoms with Gasteiger partial charge in [0, 0.05) is 18.2 Å². The smallest absolute Gasteiger partial charge is 0.194 e. The zero-order chi connectivity index (χ0) is 31.8. The van der Waals surface area contributed by atoms with Crippen LogP contribution in [-0.2, 0) is 14.2 Å². The molecule has 2 fully saturated rings. The summed E-state index contributed by atoms with van der Waals surface area (Å²) in [5.41, 5.74) is 0.190. The molecule has 0 saturated carbocycles. The number of benzene rings is 2. The van der Waals surface area contributed by atoms with Gasteiger partial charge >= 0.3 is 0 Å². The Balaban J connectivity index is 1.22. The molecule has 45 heavy (non-hydrogen) atoms. The van der Waals surface area contributed by atoms with Gasteiger partial charge in [0.05, 0.1) is 43.6 Å². The fourth-order valence-electron chi connectivity index (χ4n) is 5.49. The topological polar surface area (TPSA) is 170 Å². The van der Waals surface area contributed by atoms with Gasteiger partial charge in [-0.3, -0.25) is 0 Å². The highest BCUT2D eigenvalue weighted by Crippen LogP contribution is 2.41. The molecule has 0 bridgehead atoms. The molecule has 2 aliphatic rings. The van der Waals surface area contributed by atoms with Crippen molar-refractivity contribution in [1.29, 1.82) is 0 Å². The van der Waals surface area contributed by atoms with Gasteiger partial charge in [0.1, 0.15) is 53.0 Å². The van der Waals surface area contributed by atoms with Crippen LogP contribution in [-0.4, -0.2) is 112 Å². The van der Waals surface area contributed by atoms with Crippen LogP contribution in [0.5, 0.6) is 5.75 Å². The number of aliphatic hydroxyl groups is 3. The third kappa shape index (κ3) is 6.16. The van der Waals surface area contributed by atoms with Crippen molar-refractivity contribution in [3.05, 3.63) is 66.2 Å². The van der Waals surface area contributed by atoms with Crippen LogP contribution in [0.1, 0.15) is 12.1 Å². The van der Waals surface area contributed by atoms with E-state index in [1.54, 1.807) is 24.4 Å². The number of phenols is 1. The number of thioether (sulfide) groups is 1. The molecule has 6 rings (SSSR count). The first-order valence-electron chi connectivity index (χ1n) is 13.8. The number of aliphatic hydroxyl groups excluding tert-OH is 3. The fourth-order valence-corrected chi connectivity index (χ4v) is 6.99. The third-order valence-corrected chi connectivity index (χ3v) is 9.25. The van der Waals surface area contributed by atoms with Crippen molar-refractivity contribution in [2.75, 3.05) is 26.9 Å². The Hall–Kier alpha value is -3.58. The normalized spacial score (nSPS) is 28.8. The van der Waals surface area contributed by atoms with Crippen molar-refractivity contribution in [1.82, 2.24) is 30.0 Å². The van der Waals surface area contributed by atoms with Gasteiger partial charge in [0.2, 0.25) is 0 Å². The van der Waals surface area contributed by atoms with E-state index in [1.807, 2.05) is 0 Å². The molecule has 0 unspecified atom stereocenters. The lowest BCUT2D eigenvalue weighted by atomic mass is 9.97. The summed E-state index contributed by atoms with van der Waals surface area (Å²) >= 11 is 1.17. The van der Waals surface area contributed by atoms with Crippen LogP contribution in [0.4, 0.5) is 13.2 Å². The van der Waals surface area contributed by atoms with Crippen LogP contribution in [0, 0.1) is 17.5 Å². The van der Waals surface area contributed by atoms with E-state index < -0.39 is 71.2 Å².